The molecule has 128 valence electrons. The summed E-state index contributed by atoms with van der Waals surface area (Å²) in [7, 11) is 2.46. The van der Waals surface area contributed by atoms with Crippen molar-refractivity contribution in [2.45, 2.75) is 19.3 Å². The van der Waals surface area contributed by atoms with Crippen LogP contribution in [0.3, 0.4) is 0 Å². The SMILES string of the molecule is COC(=O)C1(C(=O)OC)/C(=C/Br)CCC1CC(=O)c1ccccc1. The van der Waals surface area contributed by atoms with E-state index in [2.05, 4.69) is 15.9 Å². The molecule has 1 unspecified atom stereocenters. The van der Waals surface area contributed by atoms with Crippen LogP contribution in [-0.4, -0.2) is 31.9 Å². The summed E-state index contributed by atoms with van der Waals surface area (Å²) in [6.45, 7) is 0. The molecule has 0 amide bonds. The highest BCUT2D eigenvalue weighted by atomic mass is 79.9. The Hall–Kier alpha value is -1.95. The molecule has 2 rings (SSSR count). The average molecular weight is 395 g/mol. The zero-order chi connectivity index (χ0) is 17.7. The maximum Gasteiger partial charge on any atom is 0.327 e. The predicted octanol–water partition coefficient (Wildman–Crippen LogP) is 3.28. The maximum atomic E-state index is 12.6. The van der Waals surface area contributed by atoms with E-state index in [0.29, 0.717) is 24.0 Å². The molecule has 24 heavy (non-hydrogen) atoms. The van der Waals surface area contributed by atoms with Gasteiger partial charge in [0.05, 0.1) is 14.2 Å². The van der Waals surface area contributed by atoms with Gasteiger partial charge in [0.1, 0.15) is 0 Å². The minimum atomic E-state index is -1.57. The predicted molar refractivity (Wildman–Crippen MR) is 91.6 cm³/mol. The number of benzene rings is 1. The molecule has 0 aliphatic heterocycles. The largest absolute Gasteiger partial charge is 0.468 e. The monoisotopic (exact) mass is 394 g/mol. The van der Waals surface area contributed by atoms with Gasteiger partial charge in [0.25, 0.3) is 0 Å². The van der Waals surface area contributed by atoms with Crippen molar-refractivity contribution in [1.29, 1.82) is 0 Å². The van der Waals surface area contributed by atoms with Gasteiger partial charge in [-0.3, -0.25) is 14.4 Å². The van der Waals surface area contributed by atoms with Crippen molar-refractivity contribution in [1.82, 2.24) is 0 Å². The van der Waals surface area contributed by atoms with Crippen LogP contribution in [0.4, 0.5) is 0 Å². The van der Waals surface area contributed by atoms with Crippen LogP contribution in [0.2, 0.25) is 0 Å². The van der Waals surface area contributed by atoms with Crippen molar-refractivity contribution in [3.05, 3.63) is 46.5 Å². The van der Waals surface area contributed by atoms with E-state index in [1.807, 2.05) is 6.07 Å². The van der Waals surface area contributed by atoms with Gasteiger partial charge in [-0.1, -0.05) is 46.3 Å². The Balaban J connectivity index is 2.41. The molecule has 0 spiro atoms. The fraction of sp³-hybridized carbons (Fsp3) is 0.389. The van der Waals surface area contributed by atoms with Crippen LogP contribution in [-0.2, 0) is 19.1 Å². The second-order valence-electron chi connectivity index (χ2n) is 5.65. The van der Waals surface area contributed by atoms with Gasteiger partial charge in [0.2, 0.25) is 0 Å². The van der Waals surface area contributed by atoms with E-state index in [4.69, 9.17) is 9.47 Å². The molecule has 1 aromatic rings. The van der Waals surface area contributed by atoms with Crippen molar-refractivity contribution in [3.8, 4) is 0 Å². The Labute approximate surface area is 149 Å². The van der Waals surface area contributed by atoms with Crippen LogP contribution in [0.25, 0.3) is 0 Å². The van der Waals surface area contributed by atoms with Gasteiger partial charge < -0.3 is 9.47 Å². The number of ether oxygens (including phenoxy) is 2. The second-order valence-corrected chi connectivity index (χ2v) is 6.11. The number of halogens is 1. The molecule has 1 aliphatic rings. The first-order valence-corrected chi connectivity index (χ1v) is 8.48. The summed E-state index contributed by atoms with van der Waals surface area (Å²) in [4.78, 5) is 39.2. The standard InChI is InChI=1S/C18H19BrO5/c1-23-16(21)18(17(22)24-2)13(8-9-14(18)11-19)10-15(20)12-6-4-3-5-7-12/h3-7,11,13H,8-10H2,1-2H3/b14-11+. The second kappa shape index (κ2) is 7.75. The topological polar surface area (TPSA) is 69.7 Å². The molecule has 0 saturated heterocycles. The summed E-state index contributed by atoms with van der Waals surface area (Å²) >= 11 is 3.22. The lowest BCUT2D eigenvalue weighted by Crippen LogP contribution is -2.46. The van der Waals surface area contributed by atoms with Crippen LogP contribution in [0.1, 0.15) is 29.6 Å². The highest BCUT2D eigenvalue weighted by molar-refractivity contribution is 9.11. The van der Waals surface area contributed by atoms with Gasteiger partial charge in [0, 0.05) is 12.0 Å². The molecule has 1 aromatic carbocycles. The Bertz CT molecular complexity index is 649. The average Bonchev–Trinajstić information content (AvgIpc) is 2.99. The van der Waals surface area contributed by atoms with Crippen molar-refractivity contribution >= 4 is 33.7 Å². The lowest BCUT2D eigenvalue weighted by atomic mass is 9.73. The zero-order valence-electron chi connectivity index (χ0n) is 13.6. The number of carbonyl (C=O) groups is 3. The Morgan fingerprint density at radius 1 is 1.17 bits per heavy atom. The number of carbonyl (C=O) groups excluding carboxylic acids is 3. The van der Waals surface area contributed by atoms with E-state index < -0.39 is 23.3 Å². The van der Waals surface area contributed by atoms with E-state index in [1.165, 1.54) is 14.2 Å². The number of hydrogen-bond donors (Lipinski definition) is 0. The third-order valence-corrected chi connectivity index (χ3v) is 5.11. The van der Waals surface area contributed by atoms with Gasteiger partial charge in [0.15, 0.2) is 11.2 Å². The molecule has 0 heterocycles. The van der Waals surface area contributed by atoms with Crippen LogP contribution < -0.4 is 0 Å². The fourth-order valence-corrected chi connectivity index (χ4v) is 3.96. The molecule has 0 N–H and O–H groups in total. The molecule has 0 radical (unpaired) electrons. The van der Waals surface area contributed by atoms with Crippen molar-refractivity contribution in [2.24, 2.45) is 11.3 Å². The van der Waals surface area contributed by atoms with Crippen LogP contribution in [0, 0.1) is 11.3 Å². The molecule has 6 heteroatoms. The number of hydrogen-bond acceptors (Lipinski definition) is 5. The van der Waals surface area contributed by atoms with E-state index in [-0.39, 0.29) is 12.2 Å². The third kappa shape index (κ3) is 3.02. The molecule has 1 atom stereocenters. The van der Waals surface area contributed by atoms with Crippen LogP contribution in [0.5, 0.6) is 0 Å². The van der Waals surface area contributed by atoms with Gasteiger partial charge >= 0.3 is 11.9 Å². The summed E-state index contributed by atoms with van der Waals surface area (Å²) in [5.41, 5.74) is -0.443. The Kier molecular flexibility index (Phi) is 5.94. The van der Waals surface area contributed by atoms with Crippen LogP contribution >= 0.6 is 15.9 Å². The molecule has 0 bridgehead atoms. The number of rotatable bonds is 5. The van der Waals surface area contributed by atoms with Crippen molar-refractivity contribution in [3.63, 3.8) is 0 Å². The molecule has 5 nitrogen and oxygen atoms in total. The number of Topliss-reactive ketones (excluding diaryl/α,β-unsaturated/α-hetero) is 1. The minimum absolute atomic E-state index is 0.0680. The van der Waals surface area contributed by atoms with E-state index in [0.717, 1.165) is 0 Å². The minimum Gasteiger partial charge on any atom is -0.468 e. The number of ketones is 1. The number of esters is 2. The van der Waals surface area contributed by atoms with Gasteiger partial charge in [-0.25, -0.2) is 0 Å². The van der Waals surface area contributed by atoms with Gasteiger partial charge in [-0.15, -0.1) is 0 Å². The first-order chi connectivity index (χ1) is 11.5. The summed E-state index contributed by atoms with van der Waals surface area (Å²) in [6, 6.07) is 8.82. The molecule has 0 aromatic heterocycles. The summed E-state index contributed by atoms with van der Waals surface area (Å²) in [6.07, 6.45) is 1.11. The molecular weight excluding hydrogens is 376 g/mol. The van der Waals surface area contributed by atoms with Crippen molar-refractivity contribution in [2.75, 3.05) is 14.2 Å². The summed E-state index contributed by atoms with van der Waals surface area (Å²) in [5, 5.41) is 0. The van der Waals surface area contributed by atoms with Crippen molar-refractivity contribution < 1.29 is 23.9 Å². The molecule has 1 aliphatic carbocycles. The summed E-state index contributed by atoms with van der Waals surface area (Å²) in [5.74, 6) is -2.01. The van der Waals surface area contributed by atoms with E-state index in [1.54, 1.807) is 29.3 Å². The Morgan fingerprint density at radius 3 is 2.25 bits per heavy atom. The highest BCUT2D eigenvalue weighted by Crippen LogP contribution is 2.51. The lowest BCUT2D eigenvalue weighted by molar-refractivity contribution is -0.168. The fourth-order valence-electron chi connectivity index (χ4n) is 3.37. The normalized spacial score (nSPS) is 20.6. The molecule has 1 fully saturated rings. The molecular formula is C18H19BrO5. The first kappa shape index (κ1) is 18.4. The highest BCUT2D eigenvalue weighted by Gasteiger charge is 2.60. The first-order valence-electron chi connectivity index (χ1n) is 7.57. The quantitative estimate of drug-likeness (QED) is 0.435. The van der Waals surface area contributed by atoms with Gasteiger partial charge in [-0.2, -0.15) is 0 Å². The Morgan fingerprint density at radius 2 is 1.75 bits per heavy atom. The maximum absolute atomic E-state index is 12.6. The zero-order valence-corrected chi connectivity index (χ0v) is 15.2. The number of methoxy groups -OCH3 is 2. The van der Waals surface area contributed by atoms with Gasteiger partial charge in [-0.05, 0) is 29.3 Å². The summed E-state index contributed by atoms with van der Waals surface area (Å²) < 4.78 is 9.79. The smallest absolute Gasteiger partial charge is 0.327 e. The molecule has 1 saturated carbocycles. The van der Waals surface area contributed by atoms with E-state index in [9.17, 15) is 14.4 Å². The van der Waals surface area contributed by atoms with Crippen LogP contribution in [0.15, 0.2) is 40.9 Å². The lowest BCUT2D eigenvalue weighted by Gasteiger charge is -2.30. The van der Waals surface area contributed by atoms with E-state index >= 15 is 0 Å². The third-order valence-electron chi connectivity index (χ3n) is 4.56.